The van der Waals surface area contributed by atoms with Crippen molar-refractivity contribution < 1.29 is 4.74 Å². The van der Waals surface area contributed by atoms with Gasteiger partial charge >= 0.3 is 0 Å². The molecule has 0 saturated carbocycles. The maximum atomic E-state index is 5.70. The zero-order chi connectivity index (χ0) is 9.80. The van der Waals surface area contributed by atoms with E-state index in [1.165, 1.54) is 16.4 Å². The fraction of sp³-hybridized carbons (Fsp3) is 0.455. The Morgan fingerprint density at radius 2 is 2.43 bits per heavy atom. The second kappa shape index (κ2) is 4.98. The van der Waals surface area contributed by atoms with Gasteiger partial charge < -0.3 is 10.1 Å². The lowest BCUT2D eigenvalue weighted by molar-refractivity contribution is 0.277. The highest BCUT2D eigenvalue weighted by Crippen LogP contribution is 2.16. The number of benzene rings is 1. The van der Waals surface area contributed by atoms with Crippen molar-refractivity contribution in [2.75, 3.05) is 13.2 Å². The first kappa shape index (κ1) is 10.2. The maximum absolute atomic E-state index is 5.70. The molecular formula is C11H14INO. The third kappa shape index (κ3) is 2.85. The standard InChI is InChI=1S/C11H14INO/c12-9-3-1-5-11(7-9)14-8-10-4-2-6-13-10/h1,3,5,7,10,13H,2,4,6,8H2. The van der Waals surface area contributed by atoms with Gasteiger partial charge in [-0.3, -0.25) is 0 Å². The van der Waals surface area contributed by atoms with E-state index in [1.54, 1.807) is 0 Å². The second-order valence-electron chi connectivity index (χ2n) is 3.56. The molecule has 1 saturated heterocycles. The molecule has 1 aliphatic heterocycles. The Labute approximate surface area is 98.2 Å². The minimum Gasteiger partial charge on any atom is -0.492 e. The van der Waals surface area contributed by atoms with Crippen molar-refractivity contribution in [1.29, 1.82) is 0 Å². The Morgan fingerprint density at radius 1 is 1.50 bits per heavy atom. The van der Waals surface area contributed by atoms with Crippen molar-refractivity contribution in [3.05, 3.63) is 27.8 Å². The summed E-state index contributed by atoms with van der Waals surface area (Å²) in [6.07, 6.45) is 2.52. The van der Waals surface area contributed by atoms with Crippen LogP contribution in [0.2, 0.25) is 0 Å². The Balaban J connectivity index is 1.85. The fourth-order valence-electron chi connectivity index (χ4n) is 1.65. The summed E-state index contributed by atoms with van der Waals surface area (Å²) in [5, 5.41) is 3.41. The Hall–Kier alpha value is -0.290. The predicted octanol–water partition coefficient (Wildman–Crippen LogP) is 2.42. The SMILES string of the molecule is Ic1cccc(OCC2CCCN2)c1. The highest BCUT2D eigenvalue weighted by Gasteiger charge is 2.14. The van der Waals surface area contributed by atoms with E-state index in [-0.39, 0.29) is 0 Å². The van der Waals surface area contributed by atoms with Gasteiger partial charge in [0.2, 0.25) is 0 Å². The van der Waals surface area contributed by atoms with Gasteiger partial charge in [0.25, 0.3) is 0 Å². The van der Waals surface area contributed by atoms with E-state index < -0.39 is 0 Å². The van der Waals surface area contributed by atoms with Crippen LogP contribution in [0.1, 0.15) is 12.8 Å². The molecule has 3 heteroatoms. The molecular weight excluding hydrogens is 289 g/mol. The molecule has 76 valence electrons. The van der Waals surface area contributed by atoms with E-state index in [0.717, 1.165) is 18.9 Å². The number of hydrogen-bond donors (Lipinski definition) is 1. The van der Waals surface area contributed by atoms with Gasteiger partial charge in [0.15, 0.2) is 0 Å². The first-order valence-corrected chi connectivity index (χ1v) is 6.04. The third-order valence-electron chi connectivity index (χ3n) is 2.41. The van der Waals surface area contributed by atoms with Crippen LogP contribution in [-0.4, -0.2) is 19.2 Å². The predicted molar refractivity (Wildman–Crippen MR) is 65.7 cm³/mol. The number of rotatable bonds is 3. The van der Waals surface area contributed by atoms with Crippen molar-refractivity contribution in [2.24, 2.45) is 0 Å². The Kier molecular flexibility index (Phi) is 3.64. The van der Waals surface area contributed by atoms with Crippen LogP contribution in [-0.2, 0) is 0 Å². The van der Waals surface area contributed by atoms with Gasteiger partial charge in [0.05, 0.1) is 0 Å². The normalized spacial score (nSPS) is 21.1. The van der Waals surface area contributed by atoms with Crippen molar-refractivity contribution in [2.45, 2.75) is 18.9 Å². The highest BCUT2D eigenvalue weighted by atomic mass is 127. The van der Waals surface area contributed by atoms with E-state index in [0.29, 0.717) is 6.04 Å². The monoisotopic (exact) mass is 303 g/mol. The van der Waals surface area contributed by atoms with Crippen molar-refractivity contribution in [1.82, 2.24) is 5.32 Å². The maximum Gasteiger partial charge on any atom is 0.120 e. The molecule has 1 aromatic carbocycles. The average Bonchev–Trinajstić information content (AvgIpc) is 2.67. The first-order chi connectivity index (χ1) is 6.84. The molecule has 1 N–H and O–H groups in total. The van der Waals surface area contributed by atoms with Gasteiger partial charge in [0.1, 0.15) is 12.4 Å². The highest BCUT2D eigenvalue weighted by molar-refractivity contribution is 14.1. The van der Waals surface area contributed by atoms with Crippen LogP contribution in [0.25, 0.3) is 0 Å². The second-order valence-corrected chi connectivity index (χ2v) is 4.81. The molecule has 2 nitrogen and oxygen atoms in total. The fourth-order valence-corrected chi connectivity index (χ4v) is 2.17. The molecule has 0 radical (unpaired) electrons. The smallest absolute Gasteiger partial charge is 0.120 e. The van der Waals surface area contributed by atoms with Crippen LogP contribution in [0.4, 0.5) is 0 Å². The molecule has 1 aliphatic rings. The van der Waals surface area contributed by atoms with E-state index >= 15 is 0 Å². The van der Waals surface area contributed by atoms with Gasteiger partial charge in [-0.15, -0.1) is 0 Å². The molecule has 1 heterocycles. The Morgan fingerprint density at radius 3 is 3.14 bits per heavy atom. The van der Waals surface area contributed by atoms with Gasteiger partial charge in [-0.2, -0.15) is 0 Å². The summed E-state index contributed by atoms with van der Waals surface area (Å²) in [6, 6.07) is 8.72. The molecule has 0 aromatic heterocycles. The van der Waals surface area contributed by atoms with Gasteiger partial charge in [0, 0.05) is 9.61 Å². The minimum atomic E-state index is 0.549. The van der Waals surface area contributed by atoms with Crippen LogP contribution < -0.4 is 10.1 Å². The number of nitrogens with one attached hydrogen (secondary N) is 1. The summed E-state index contributed by atoms with van der Waals surface area (Å²) in [6.45, 7) is 1.93. The van der Waals surface area contributed by atoms with Crippen LogP contribution in [0.15, 0.2) is 24.3 Å². The molecule has 1 unspecified atom stereocenters. The van der Waals surface area contributed by atoms with Crippen molar-refractivity contribution in [3.8, 4) is 5.75 Å². The van der Waals surface area contributed by atoms with Crippen LogP contribution >= 0.6 is 22.6 Å². The van der Waals surface area contributed by atoms with E-state index in [1.807, 2.05) is 12.1 Å². The molecule has 1 aromatic rings. The topological polar surface area (TPSA) is 21.3 Å². The van der Waals surface area contributed by atoms with Gasteiger partial charge in [-0.05, 0) is 60.2 Å². The minimum absolute atomic E-state index is 0.549. The number of hydrogen-bond acceptors (Lipinski definition) is 2. The molecule has 1 atom stereocenters. The Bertz CT molecular complexity index is 297. The van der Waals surface area contributed by atoms with Crippen LogP contribution in [0.5, 0.6) is 5.75 Å². The zero-order valence-corrected chi connectivity index (χ0v) is 10.2. The van der Waals surface area contributed by atoms with E-state index in [2.05, 4.69) is 40.0 Å². The molecule has 0 amide bonds. The summed E-state index contributed by atoms with van der Waals surface area (Å²) in [7, 11) is 0. The zero-order valence-electron chi connectivity index (χ0n) is 8.00. The van der Waals surface area contributed by atoms with E-state index in [4.69, 9.17) is 4.74 Å². The average molecular weight is 303 g/mol. The lowest BCUT2D eigenvalue weighted by atomic mass is 10.2. The lowest BCUT2D eigenvalue weighted by Crippen LogP contribution is -2.28. The number of ether oxygens (including phenoxy) is 1. The largest absolute Gasteiger partial charge is 0.492 e. The van der Waals surface area contributed by atoms with Gasteiger partial charge in [-0.1, -0.05) is 6.07 Å². The summed E-state index contributed by atoms with van der Waals surface area (Å²) in [5.74, 6) is 0.977. The summed E-state index contributed by atoms with van der Waals surface area (Å²) in [4.78, 5) is 0. The molecule has 0 spiro atoms. The molecule has 0 aliphatic carbocycles. The molecule has 2 rings (SSSR count). The third-order valence-corrected chi connectivity index (χ3v) is 3.08. The molecule has 0 bridgehead atoms. The van der Waals surface area contributed by atoms with Crippen molar-refractivity contribution >= 4 is 22.6 Å². The number of halogens is 1. The van der Waals surface area contributed by atoms with E-state index in [9.17, 15) is 0 Å². The molecule has 1 fully saturated rings. The van der Waals surface area contributed by atoms with Gasteiger partial charge in [-0.25, -0.2) is 0 Å². The lowest BCUT2D eigenvalue weighted by Gasteiger charge is -2.11. The summed E-state index contributed by atoms with van der Waals surface area (Å²) in [5.41, 5.74) is 0. The van der Waals surface area contributed by atoms with Crippen LogP contribution in [0.3, 0.4) is 0 Å². The first-order valence-electron chi connectivity index (χ1n) is 4.96. The summed E-state index contributed by atoms with van der Waals surface area (Å²) >= 11 is 2.30. The van der Waals surface area contributed by atoms with Crippen molar-refractivity contribution in [3.63, 3.8) is 0 Å². The summed E-state index contributed by atoms with van der Waals surface area (Å²) < 4.78 is 6.93. The van der Waals surface area contributed by atoms with Crippen LogP contribution in [0, 0.1) is 3.57 Å². The molecule has 14 heavy (non-hydrogen) atoms. The quantitative estimate of drug-likeness (QED) is 0.866.